The van der Waals surface area contributed by atoms with E-state index >= 15 is 0 Å². The van der Waals surface area contributed by atoms with Crippen LogP contribution in [-0.4, -0.2) is 18.5 Å². The molecule has 27 heavy (non-hydrogen) atoms. The van der Waals surface area contributed by atoms with E-state index in [1.165, 1.54) is 6.08 Å². The van der Waals surface area contributed by atoms with Crippen molar-refractivity contribution in [1.82, 2.24) is 5.32 Å². The summed E-state index contributed by atoms with van der Waals surface area (Å²) in [7, 11) is 0. The first-order valence-electron chi connectivity index (χ1n) is 9.13. The number of benzene rings is 2. The van der Waals surface area contributed by atoms with E-state index in [0.29, 0.717) is 18.7 Å². The average Bonchev–Trinajstić information content (AvgIpc) is 2.71. The smallest absolute Gasteiger partial charge is 0.330 e. The summed E-state index contributed by atoms with van der Waals surface area (Å²) in [6.45, 7) is 2.88. The Bertz CT molecular complexity index is 780. The number of allylic oxidation sites excluding steroid dienone is 2. The van der Waals surface area contributed by atoms with Gasteiger partial charge in [0.2, 0.25) is 0 Å². The van der Waals surface area contributed by atoms with Crippen molar-refractivity contribution < 1.29 is 14.3 Å². The lowest BCUT2D eigenvalue weighted by Crippen LogP contribution is -2.23. The third-order valence-corrected chi connectivity index (χ3v) is 3.86. The summed E-state index contributed by atoms with van der Waals surface area (Å²) in [5.41, 5.74) is 2.30. The molecular weight excluding hydrogens is 338 g/mol. The number of ether oxygens (including phenoxy) is 1. The molecule has 2 rings (SSSR count). The largest absolute Gasteiger partial charge is 0.463 e. The van der Waals surface area contributed by atoms with E-state index in [1.54, 1.807) is 12.2 Å². The second-order valence-corrected chi connectivity index (χ2v) is 5.99. The highest BCUT2D eigenvalue weighted by Crippen LogP contribution is 2.15. The number of rotatable bonds is 9. The van der Waals surface area contributed by atoms with Crippen LogP contribution >= 0.6 is 0 Å². The number of amides is 1. The molecule has 140 valence electrons. The van der Waals surface area contributed by atoms with Crippen molar-refractivity contribution in [3.05, 3.63) is 90.0 Å². The van der Waals surface area contributed by atoms with Crippen molar-refractivity contribution in [2.45, 2.75) is 26.3 Å². The van der Waals surface area contributed by atoms with Crippen molar-refractivity contribution in [3.8, 4) is 0 Å². The molecule has 0 saturated heterocycles. The quantitative estimate of drug-likeness (QED) is 0.313. The third-order valence-electron chi connectivity index (χ3n) is 3.86. The van der Waals surface area contributed by atoms with Gasteiger partial charge in [0.05, 0.1) is 6.61 Å². The monoisotopic (exact) mass is 363 g/mol. The summed E-state index contributed by atoms with van der Waals surface area (Å²) < 4.78 is 5.08. The highest BCUT2D eigenvalue weighted by atomic mass is 16.5. The standard InChI is InChI=1S/C23H25NO3/c1-2-3-17-27-22(25)16-10-15-21(20-13-8-5-9-14-20)23(26)24-18-19-11-6-4-7-12-19/h4-16H,2-3,17-18H2,1H3,(H,24,26)/b16-10+,21-15-. The van der Waals surface area contributed by atoms with Crippen molar-refractivity contribution in [2.24, 2.45) is 0 Å². The Hall–Kier alpha value is -3.14. The van der Waals surface area contributed by atoms with Gasteiger partial charge in [0.1, 0.15) is 0 Å². The maximum absolute atomic E-state index is 12.7. The van der Waals surface area contributed by atoms with Crippen LogP contribution in [0.4, 0.5) is 0 Å². The molecule has 0 saturated carbocycles. The summed E-state index contributed by atoms with van der Waals surface area (Å²) >= 11 is 0. The van der Waals surface area contributed by atoms with Gasteiger partial charge in [-0.3, -0.25) is 4.79 Å². The summed E-state index contributed by atoms with van der Waals surface area (Å²) in [6, 6.07) is 19.1. The molecule has 4 nitrogen and oxygen atoms in total. The fourth-order valence-electron chi connectivity index (χ4n) is 2.38. The van der Waals surface area contributed by atoms with E-state index in [-0.39, 0.29) is 5.91 Å². The van der Waals surface area contributed by atoms with Crippen LogP contribution in [0, 0.1) is 0 Å². The van der Waals surface area contributed by atoms with Gasteiger partial charge in [-0.05, 0) is 23.6 Å². The molecule has 0 aromatic heterocycles. The maximum Gasteiger partial charge on any atom is 0.330 e. The third kappa shape index (κ3) is 7.32. The van der Waals surface area contributed by atoms with Crippen molar-refractivity contribution in [1.29, 1.82) is 0 Å². The molecule has 2 aromatic rings. The molecule has 0 spiro atoms. The molecule has 0 bridgehead atoms. The zero-order chi connectivity index (χ0) is 19.3. The lowest BCUT2D eigenvalue weighted by molar-refractivity contribution is -0.137. The minimum atomic E-state index is -0.406. The van der Waals surface area contributed by atoms with Gasteiger partial charge < -0.3 is 10.1 Å². The number of unbranched alkanes of at least 4 members (excludes halogenated alkanes) is 1. The molecule has 0 aliphatic heterocycles. The van der Waals surface area contributed by atoms with Crippen molar-refractivity contribution >= 4 is 17.4 Å². The van der Waals surface area contributed by atoms with Gasteiger partial charge in [0.15, 0.2) is 0 Å². The van der Waals surface area contributed by atoms with E-state index in [2.05, 4.69) is 5.32 Å². The molecule has 0 fully saturated rings. The molecule has 0 aliphatic carbocycles. The van der Waals surface area contributed by atoms with Gasteiger partial charge in [-0.15, -0.1) is 0 Å². The Morgan fingerprint density at radius 3 is 2.33 bits per heavy atom. The molecule has 1 amide bonds. The van der Waals surface area contributed by atoms with Crippen LogP contribution in [0.2, 0.25) is 0 Å². The Morgan fingerprint density at radius 1 is 1.00 bits per heavy atom. The Kier molecular flexibility index (Phi) is 8.57. The highest BCUT2D eigenvalue weighted by molar-refractivity contribution is 6.19. The topological polar surface area (TPSA) is 55.4 Å². The van der Waals surface area contributed by atoms with Crippen molar-refractivity contribution in [2.75, 3.05) is 6.61 Å². The molecule has 4 heteroatoms. The minimum absolute atomic E-state index is 0.200. The molecule has 0 heterocycles. The van der Waals surface area contributed by atoms with Gasteiger partial charge in [-0.25, -0.2) is 4.79 Å². The fraction of sp³-hybridized carbons (Fsp3) is 0.217. The van der Waals surface area contributed by atoms with Crippen LogP contribution < -0.4 is 5.32 Å². The van der Waals surface area contributed by atoms with Crippen LogP contribution in [0.25, 0.3) is 5.57 Å². The number of carbonyl (C=O) groups is 2. The maximum atomic E-state index is 12.7. The number of carbonyl (C=O) groups excluding carboxylic acids is 2. The van der Waals surface area contributed by atoms with E-state index < -0.39 is 5.97 Å². The lowest BCUT2D eigenvalue weighted by atomic mass is 10.0. The van der Waals surface area contributed by atoms with Gasteiger partial charge in [-0.1, -0.05) is 80.1 Å². The molecule has 2 aromatic carbocycles. The van der Waals surface area contributed by atoms with E-state index in [4.69, 9.17) is 4.74 Å². The van der Waals surface area contributed by atoms with Crippen LogP contribution in [0.15, 0.2) is 78.9 Å². The van der Waals surface area contributed by atoms with E-state index in [0.717, 1.165) is 24.0 Å². The van der Waals surface area contributed by atoms with Gasteiger partial charge in [0, 0.05) is 18.2 Å². The summed E-state index contributed by atoms with van der Waals surface area (Å²) in [6.07, 6.45) is 6.34. The van der Waals surface area contributed by atoms with E-state index in [9.17, 15) is 9.59 Å². The zero-order valence-electron chi connectivity index (χ0n) is 15.6. The first-order valence-corrected chi connectivity index (χ1v) is 9.13. The lowest BCUT2D eigenvalue weighted by Gasteiger charge is -2.09. The summed E-state index contributed by atoms with van der Waals surface area (Å²) in [4.78, 5) is 24.4. The molecule has 0 radical (unpaired) electrons. The summed E-state index contributed by atoms with van der Waals surface area (Å²) in [5.74, 6) is -0.606. The minimum Gasteiger partial charge on any atom is -0.463 e. The Morgan fingerprint density at radius 2 is 1.67 bits per heavy atom. The van der Waals surface area contributed by atoms with Crippen LogP contribution in [0.1, 0.15) is 30.9 Å². The van der Waals surface area contributed by atoms with Crippen LogP contribution in [0.3, 0.4) is 0 Å². The Balaban J connectivity index is 2.07. The number of nitrogens with one attached hydrogen (secondary N) is 1. The second kappa shape index (κ2) is 11.5. The second-order valence-electron chi connectivity index (χ2n) is 5.99. The highest BCUT2D eigenvalue weighted by Gasteiger charge is 2.10. The molecule has 0 unspecified atom stereocenters. The molecule has 0 aliphatic rings. The number of hydrogen-bond acceptors (Lipinski definition) is 3. The normalized spacial score (nSPS) is 11.4. The first kappa shape index (κ1) is 20.2. The number of hydrogen-bond donors (Lipinski definition) is 1. The predicted molar refractivity (Wildman–Crippen MR) is 108 cm³/mol. The van der Waals surface area contributed by atoms with Crippen LogP contribution in [-0.2, 0) is 20.9 Å². The summed E-state index contributed by atoms with van der Waals surface area (Å²) in [5, 5.41) is 2.92. The fourth-order valence-corrected chi connectivity index (χ4v) is 2.38. The van der Waals surface area contributed by atoms with Gasteiger partial charge >= 0.3 is 5.97 Å². The molecule has 1 N–H and O–H groups in total. The van der Waals surface area contributed by atoms with E-state index in [1.807, 2.05) is 67.6 Å². The SMILES string of the molecule is CCCCOC(=O)/C=C/C=C(\C(=O)NCc1ccccc1)c1ccccc1. The zero-order valence-corrected chi connectivity index (χ0v) is 15.6. The first-order chi connectivity index (χ1) is 13.2. The molecule has 0 atom stereocenters. The molecular formula is C23H25NO3. The van der Waals surface area contributed by atoms with Gasteiger partial charge in [0.25, 0.3) is 5.91 Å². The predicted octanol–water partition coefficient (Wildman–Crippen LogP) is 4.29. The van der Waals surface area contributed by atoms with Crippen molar-refractivity contribution in [3.63, 3.8) is 0 Å². The Labute approximate surface area is 160 Å². The average molecular weight is 363 g/mol. The number of esters is 1. The van der Waals surface area contributed by atoms with Crippen LogP contribution in [0.5, 0.6) is 0 Å². The van der Waals surface area contributed by atoms with Gasteiger partial charge in [-0.2, -0.15) is 0 Å².